The molecule has 6 nitrogen and oxygen atoms in total. The zero-order valence-electron chi connectivity index (χ0n) is 17.4. The van der Waals surface area contributed by atoms with Crippen LogP contribution in [-0.2, 0) is 6.54 Å². The van der Waals surface area contributed by atoms with Crippen LogP contribution in [-0.4, -0.2) is 58.0 Å². The van der Waals surface area contributed by atoms with E-state index >= 15 is 0 Å². The number of rotatable bonds is 5. The lowest BCUT2D eigenvalue weighted by Gasteiger charge is -2.34. The van der Waals surface area contributed by atoms with Gasteiger partial charge >= 0.3 is 6.03 Å². The number of benzene rings is 2. The number of amides is 1. The van der Waals surface area contributed by atoms with Gasteiger partial charge in [-0.05, 0) is 29.2 Å². The van der Waals surface area contributed by atoms with Crippen molar-refractivity contribution in [3.8, 4) is 11.1 Å². The van der Waals surface area contributed by atoms with Gasteiger partial charge in [-0.25, -0.2) is 4.79 Å². The first-order valence-corrected chi connectivity index (χ1v) is 11.4. The maximum absolute atomic E-state index is 12.7. The summed E-state index contributed by atoms with van der Waals surface area (Å²) in [4.78, 5) is 17.0. The number of nitrogens with zero attached hydrogens (tertiary/aromatic N) is 4. The molecule has 0 aliphatic carbocycles. The maximum atomic E-state index is 12.7. The Morgan fingerprint density at radius 1 is 1.03 bits per heavy atom. The molecule has 1 amide bonds. The third-order valence-electron chi connectivity index (χ3n) is 5.48. The fourth-order valence-corrected chi connectivity index (χ4v) is 4.07. The zero-order valence-corrected chi connectivity index (χ0v) is 18.2. The SMILES string of the molecule is CSNc1ccn(C(=O)N2CCN(Cc3ccc(-c4ccccc4)cc3C)CC2)n1. The van der Waals surface area contributed by atoms with E-state index in [0.29, 0.717) is 18.9 Å². The molecule has 7 heteroatoms. The van der Waals surface area contributed by atoms with E-state index in [1.165, 1.54) is 38.9 Å². The van der Waals surface area contributed by atoms with Crippen LogP contribution in [0, 0.1) is 6.92 Å². The predicted octanol–water partition coefficient (Wildman–Crippen LogP) is 4.33. The van der Waals surface area contributed by atoms with Gasteiger partial charge < -0.3 is 9.62 Å². The van der Waals surface area contributed by atoms with E-state index in [2.05, 4.69) is 64.1 Å². The number of nitrogens with one attached hydrogen (secondary N) is 1. The molecule has 30 heavy (non-hydrogen) atoms. The molecule has 0 unspecified atom stereocenters. The first-order chi connectivity index (χ1) is 14.6. The van der Waals surface area contributed by atoms with Gasteiger partial charge in [-0.2, -0.15) is 4.68 Å². The third kappa shape index (κ3) is 4.68. The highest BCUT2D eigenvalue weighted by Crippen LogP contribution is 2.23. The molecule has 1 saturated heterocycles. The Morgan fingerprint density at radius 3 is 2.50 bits per heavy atom. The van der Waals surface area contributed by atoms with Gasteiger partial charge in [0.25, 0.3) is 0 Å². The molecular weight excluding hydrogens is 394 g/mol. The van der Waals surface area contributed by atoms with Gasteiger partial charge in [-0.15, -0.1) is 5.10 Å². The Hall–Kier alpha value is -2.77. The Labute approximate surface area is 182 Å². The third-order valence-corrected chi connectivity index (χ3v) is 5.89. The molecule has 0 radical (unpaired) electrons. The maximum Gasteiger partial charge on any atom is 0.344 e. The highest BCUT2D eigenvalue weighted by Gasteiger charge is 2.23. The summed E-state index contributed by atoms with van der Waals surface area (Å²) in [5.41, 5.74) is 5.14. The van der Waals surface area contributed by atoms with E-state index in [4.69, 9.17) is 0 Å². The van der Waals surface area contributed by atoms with Crippen LogP contribution in [0.2, 0.25) is 0 Å². The molecule has 2 aromatic carbocycles. The fourth-order valence-electron chi connectivity index (χ4n) is 3.76. The lowest BCUT2D eigenvalue weighted by Crippen LogP contribution is -2.49. The van der Waals surface area contributed by atoms with E-state index in [1.807, 2.05) is 23.3 Å². The fraction of sp³-hybridized carbons (Fsp3) is 0.304. The van der Waals surface area contributed by atoms with Crippen molar-refractivity contribution in [2.24, 2.45) is 0 Å². The van der Waals surface area contributed by atoms with E-state index in [0.717, 1.165) is 19.6 Å². The Balaban J connectivity index is 1.34. The first kappa shape index (κ1) is 20.5. The van der Waals surface area contributed by atoms with Gasteiger partial charge in [-0.3, -0.25) is 4.90 Å². The van der Waals surface area contributed by atoms with Crippen LogP contribution >= 0.6 is 11.9 Å². The predicted molar refractivity (Wildman–Crippen MR) is 124 cm³/mol. The van der Waals surface area contributed by atoms with Crippen molar-refractivity contribution in [2.75, 3.05) is 37.2 Å². The average molecular weight is 422 g/mol. The zero-order chi connectivity index (χ0) is 20.9. The molecule has 2 heterocycles. The summed E-state index contributed by atoms with van der Waals surface area (Å²) in [7, 11) is 0. The smallest absolute Gasteiger partial charge is 0.320 e. The van der Waals surface area contributed by atoms with E-state index in [1.54, 1.807) is 6.20 Å². The average Bonchev–Trinajstić information content (AvgIpc) is 3.25. The topological polar surface area (TPSA) is 53.4 Å². The molecule has 0 bridgehead atoms. The molecule has 156 valence electrons. The number of aryl methyl sites for hydroxylation is 1. The van der Waals surface area contributed by atoms with Gasteiger partial charge in [0.1, 0.15) is 0 Å². The van der Waals surface area contributed by atoms with Crippen molar-refractivity contribution in [3.63, 3.8) is 0 Å². The number of carbonyl (C=O) groups is 1. The number of piperazine rings is 1. The molecule has 1 aromatic heterocycles. The lowest BCUT2D eigenvalue weighted by atomic mass is 9.99. The highest BCUT2D eigenvalue weighted by atomic mass is 32.2. The minimum atomic E-state index is -0.0628. The second-order valence-corrected chi connectivity index (χ2v) is 8.12. The van der Waals surface area contributed by atoms with E-state index in [-0.39, 0.29) is 6.03 Å². The number of aromatic nitrogens is 2. The van der Waals surface area contributed by atoms with Crippen LogP contribution in [0.5, 0.6) is 0 Å². The van der Waals surface area contributed by atoms with Crippen molar-refractivity contribution in [1.29, 1.82) is 0 Å². The van der Waals surface area contributed by atoms with E-state index in [9.17, 15) is 4.79 Å². The summed E-state index contributed by atoms with van der Waals surface area (Å²) in [6.07, 6.45) is 3.64. The summed E-state index contributed by atoms with van der Waals surface area (Å²) < 4.78 is 4.46. The van der Waals surface area contributed by atoms with Crippen molar-refractivity contribution in [1.82, 2.24) is 19.6 Å². The van der Waals surface area contributed by atoms with Crippen LogP contribution in [0.3, 0.4) is 0 Å². The molecule has 0 atom stereocenters. The van der Waals surface area contributed by atoms with E-state index < -0.39 is 0 Å². The largest absolute Gasteiger partial charge is 0.344 e. The summed E-state index contributed by atoms with van der Waals surface area (Å²) in [6, 6.07) is 18.9. The summed E-state index contributed by atoms with van der Waals surface area (Å²) in [5.74, 6) is 0.698. The monoisotopic (exact) mass is 421 g/mol. The summed E-state index contributed by atoms with van der Waals surface area (Å²) >= 11 is 1.46. The van der Waals surface area contributed by atoms with Gasteiger partial charge in [0.2, 0.25) is 0 Å². The standard InChI is InChI=1S/C23H27N5OS/c1-18-16-20(19-6-4-3-5-7-19)8-9-21(18)17-26-12-14-27(15-13-26)23(29)28-11-10-22(24-28)25-30-2/h3-11,16H,12-15,17H2,1-2H3,(H,24,25). The van der Waals surface area contributed by atoms with Crippen molar-refractivity contribution >= 4 is 23.8 Å². The van der Waals surface area contributed by atoms with Gasteiger partial charge in [0.15, 0.2) is 5.82 Å². The lowest BCUT2D eigenvalue weighted by molar-refractivity contribution is 0.134. The molecule has 1 fully saturated rings. The second kappa shape index (κ2) is 9.36. The molecule has 0 saturated carbocycles. The van der Waals surface area contributed by atoms with Crippen molar-refractivity contribution in [2.45, 2.75) is 13.5 Å². The Bertz CT molecular complexity index is 996. The molecule has 4 rings (SSSR count). The summed E-state index contributed by atoms with van der Waals surface area (Å²) in [6.45, 7) is 6.24. The Kier molecular flexibility index (Phi) is 6.40. The minimum Gasteiger partial charge on any atom is -0.320 e. The molecule has 1 N–H and O–H groups in total. The normalized spacial score (nSPS) is 14.7. The molecular formula is C23H27N5OS. The molecule has 0 spiro atoms. The first-order valence-electron chi connectivity index (χ1n) is 10.2. The second-order valence-electron chi connectivity index (χ2n) is 7.50. The van der Waals surface area contributed by atoms with Crippen LogP contribution in [0.25, 0.3) is 11.1 Å². The van der Waals surface area contributed by atoms with Crippen LogP contribution in [0.1, 0.15) is 11.1 Å². The van der Waals surface area contributed by atoms with Gasteiger partial charge in [0.05, 0.1) is 0 Å². The van der Waals surface area contributed by atoms with Crippen molar-refractivity contribution < 1.29 is 4.79 Å². The number of hydrogen-bond donors (Lipinski definition) is 1. The van der Waals surface area contributed by atoms with Crippen LogP contribution in [0.15, 0.2) is 60.8 Å². The number of anilines is 1. The quantitative estimate of drug-likeness (QED) is 0.622. The number of carbonyl (C=O) groups excluding carboxylic acids is 1. The van der Waals surface area contributed by atoms with Crippen LogP contribution < -0.4 is 4.72 Å². The number of hydrogen-bond acceptors (Lipinski definition) is 5. The highest BCUT2D eigenvalue weighted by molar-refractivity contribution is 7.99. The van der Waals surface area contributed by atoms with Gasteiger partial charge in [-0.1, -0.05) is 60.5 Å². The van der Waals surface area contributed by atoms with Gasteiger partial charge in [0, 0.05) is 51.2 Å². The van der Waals surface area contributed by atoms with Crippen LogP contribution in [0.4, 0.5) is 10.6 Å². The molecule has 1 aliphatic heterocycles. The van der Waals surface area contributed by atoms with Crippen molar-refractivity contribution in [3.05, 3.63) is 71.9 Å². The minimum absolute atomic E-state index is 0.0628. The molecule has 3 aromatic rings. The Morgan fingerprint density at radius 2 is 1.80 bits per heavy atom. The molecule has 1 aliphatic rings. The summed E-state index contributed by atoms with van der Waals surface area (Å²) in [5, 5.41) is 4.29.